The van der Waals surface area contributed by atoms with E-state index < -0.39 is 17.7 Å². The highest BCUT2D eigenvalue weighted by Crippen LogP contribution is 2.49. The van der Waals surface area contributed by atoms with Crippen molar-refractivity contribution in [3.63, 3.8) is 0 Å². The molecule has 220 valence electrons. The summed E-state index contributed by atoms with van der Waals surface area (Å²) in [5.74, 6) is -0.0295. The minimum absolute atomic E-state index is 0.401. The van der Waals surface area contributed by atoms with Crippen LogP contribution in [0.15, 0.2) is 42.7 Å². The first-order chi connectivity index (χ1) is 20.0. The standard InChI is InChI=1S/C33H37ClN4O4/c1-19-16-25-27(22-6-8-24(34)9-7-22)26(30(31(39)40)42-33(3,4)5)20(2)28-29(25)37(19)12-13-38(28)32-35-17-23(18-36-32)21-10-14-41-15-11-21/h6-9,16-18,21,30H,10-15H2,1-5H3,(H,39,40)/t30-/m0/s1. The molecule has 4 heterocycles. The predicted molar refractivity (Wildman–Crippen MR) is 165 cm³/mol. The SMILES string of the molecule is Cc1c([C@H](OC(C)(C)C)C(=O)O)c(-c2ccc(Cl)cc2)c2cc(C)n3c2c1N(c1ncc(C2CCOCC2)cn1)CC3. The number of benzene rings is 2. The third-order valence-corrected chi connectivity index (χ3v) is 8.58. The monoisotopic (exact) mass is 588 g/mol. The number of hydrogen-bond acceptors (Lipinski definition) is 6. The number of aliphatic carboxylic acids is 1. The summed E-state index contributed by atoms with van der Waals surface area (Å²) < 4.78 is 14.1. The van der Waals surface area contributed by atoms with E-state index in [-0.39, 0.29) is 0 Å². The third kappa shape index (κ3) is 5.16. The van der Waals surface area contributed by atoms with Gasteiger partial charge >= 0.3 is 5.97 Å². The molecule has 0 radical (unpaired) electrons. The van der Waals surface area contributed by atoms with Gasteiger partial charge in [-0.2, -0.15) is 0 Å². The lowest BCUT2D eigenvalue weighted by molar-refractivity contribution is -0.160. The second kappa shape index (κ2) is 11.0. The Morgan fingerprint density at radius 2 is 1.76 bits per heavy atom. The van der Waals surface area contributed by atoms with Crippen LogP contribution in [0.3, 0.4) is 0 Å². The molecule has 0 saturated carbocycles. The van der Waals surface area contributed by atoms with E-state index in [4.69, 9.17) is 31.0 Å². The first-order valence-corrected chi connectivity index (χ1v) is 14.9. The molecule has 2 aliphatic rings. The molecule has 0 amide bonds. The van der Waals surface area contributed by atoms with E-state index in [1.54, 1.807) is 0 Å². The fourth-order valence-corrected chi connectivity index (χ4v) is 6.57. The van der Waals surface area contributed by atoms with Gasteiger partial charge in [-0.1, -0.05) is 23.7 Å². The average Bonchev–Trinajstić information content (AvgIpc) is 3.30. The molecule has 1 saturated heterocycles. The van der Waals surface area contributed by atoms with Gasteiger partial charge in [0.15, 0.2) is 6.10 Å². The number of anilines is 2. The van der Waals surface area contributed by atoms with Gasteiger partial charge in [0.05, 0.1) is 16.8 Å². The Balaban J connectivity index is 1.59. The van der Waals surface area contributed by atoms with Gasteiger partial charge < -0.3 is 24.0 Å². The lowest BCUT2D eigenvalue weighted by Gasteiger charge is -2.35. The molecule has 0 unspecified atom stereocenters. The molecule has 1 atom stereocenters. The molecule has 0 aliphatic carbocycles. The van der Waals surface area contributed by atoms with E-state index in [1.165, 1.54) is 0 Å². The smallest absolute Gasteiger partial charge is 0.337 e. The van der Waals surface area contributed by atoms with Crippen LogP contribution < -0.4 is 4.90 Å². The number of nitrogens with zero attached hydrogens (tertiary/aromatic N) is 4. The predicted octanol–water partition coefficient (Wildman–Crippen LogP) is 7.36. The molecular weight excluding hydrogens is 552 g/mol. The highest BCUT2D eigenvalue weighted by Gasteiger charge is 2.36. The van der Waals surface area contributed by atoms with Crippen molar-refractivity contribution in [2.24, 2.45) is 0 Å². The van der Waals surface area contributed by atoms with E-state index in [1.807, 2.05) is 64.4 Å². The molecule has 0 bridgehead atoms. The van der Waals surface area contributed by atoms with Gasteiger partial charge in [-0.15, -0.1) is 0 Å². The van der Waals surface area contributed by atoms with Gasteiger partial charge in [-0.05, 0) is 93.8 Å². The van der Waals surface area contributed by atoms with Crippen LogP contribution in [0.1, 0.15) is 68.0 Å². The first kappa shape index (κ1) is 28.6. The summed E-state index contributed by atoms with van der Waals surface area (Å²) in [4.78, 5) is 24.8. The number of ether oxygens (including phenoxy) is 2. The number of aryl methyl sites for hydroxylation is 1. The normalized spacial score (nSPS) is 16.7. The van der Waals surface area contributed by atoms with Gasteiger partial charge in [0.1, 0.15) is 0 Å². The first-order valence-electron chi connectivity index (χ1n) is 14.5. The fraction of sp³-hybridized carbons (Fsp3) is 0.424. The van der Waals surface area contributed by atoms with Crippen LogP contribution in [0.2, 0.25) is 5.02 Å². The molecular formula is C33H37ClN4O4. The lowest BCUT2D eigenvalue weighted by atomic mass is 9.87. The second-order valence-corrected chi connectivity index (χ2v) is 12.7. The molecule has 1 N–H and O–H groups in total. The molecule has 1 fully saturated rings. The van der Waals surface area contributed by atoms with Crippen LogP contribution in [0.4, 0.5) is 11.6 Å². The summed E-state index contributed by atoms with van der Waals surface area (Å²) in [6, 6.07) is 9.73. The zero-order valence-corrected chi connectivity index (χ0v) is 25.5. The quantitative estimate of drug-likeness (QED) is 0.252. The molecule has 2 aromatic carbocycles. The minimum atomic E-state index is -1.19. The van der Waals surface area contributed by atoms with Gasteiger partial charge in [0.25, 0.3) is 0 Å². The summed E-state index contributed by atoms with van der Waals surface area (Å²) in [5, 5.41) is 12.2. The molecule has 2 aliphatic heterocycles. The summed E-state index contributed by atoms with van der Waals surface area (Å²) in [6.45, 7) is 12.7. The highest BCUT2D eigenvalue weighted by atomic mass is 35.5. The number of rotatable bonds is 6. The fourth-order valence-electron chi connectivity index (χ4n) is 6.44. The number of carbonyl (C=O) groups is 1. The molecule has 9 heteroatoms. The second-order valence-electron chi connectivity index (χ2n) is 12.3. The maximum Gasteiger partial charge on any atom is 0.337 e. The van der Waals surface area contributed by atoms with Crippen molar-refractivity contribution in [3.05, 3.63) is 70.1 Å². The van der Waals surface area contributed by atoms with Crippen LogP contribution in [0, 0.1) is 13.8 Å². The van der Waals surface area contributed by atoms with E-state index >= 15 is 0 Å². The molecule has 8 nitrogen and oxygen atoms in total. The van der Waals surface area contributed by atoms with E-state index in [0.29, 0.717) is 29.0 Å². The maximum atomic E-state index is 12.9. The van der Waals surface area contributed by atoms with Crippen molar-refractivity contribution in [1.82, 2.24) is 14.5 Å². The molecule has 2 aromatic heterocycles. The van der Waals surface area contributed by atoms with E-state index in [2.05, 4.69) is 22.5 Å². The zero-order valence-electron chi connectivity index (χ0n) is 24.8. The van der Waals surface area contributed by atoms with E-state index in [9.17, 15) is 9.90 Å². The van der Waals surface area contributed by atoms with Crippen LogP contribution >= 0.6 is 11.6 Å². The van der Waals surface area contributed by atoms with Crippen LogP contribution in [-0.2, 0) is 20.8 Å². The Labute approximate surface area is 251 Å². The number of hydrogen-bond donors (Lipinski definition) is 1. The molecule has 4 aromatic rings. The third-order valence-electron chi connectivity index (χ3n) is 8.33. The number of carboxylic acids is 1. The van der Waals surface area contributed by atoms with Crippen LogP contribution in [0.25, 0.3) is 22.0 Å². The number of halogens is 1. The average molecular weight is 589 g/mol. The maximum absolute atomic E-state index is 12.9. The Bertz CT molecular complexity index is 1630. The van der Waals surface area contributed by atoms with Gasteiger partial charge in [-0.25, -0.2) is 14.8 Å². The zero-order chi connectivity index (χ0) is 29.8. The highest BCUT2D eigenvalue weighted by molar-refractivity contribution is 6.30. The molecule has 0 spiro atoms. The van der Waals surface area contributed by atoms with Crippen molar-refractivity contribution < 1.29 is 19.4 Å². The van der Waals surface area contributed by atoms with Gasteiger partial charge in [0.2, 0.25) is 5.95 Å². The lowest BCUT2D eigenvalue weighted by Crippen LogP contribution is -2.32. The van der Waals surface area contributed by atoms with Gasteiger partial charge in [-0.3, -0.25) is 0 Å². The Hall–Kier alpha value is -3.46. The van der Waals surface area contributed by atoms with Crippen molar-refractivity contribution in [2.75, 3.05) is 24.7 Å². The van der Waals surface area contributed by atoms with Crippen molar-refractivity contribution >= 4 is 40.1 Å². The van der Waals surface area contributed by atoms with Gasteiger partial charge in [0, 0.05) is 60.4 Å². The Morgan fingerprint density at radius 3 is 2.38 bits per heavy atom. The van der Waals surface area contributed by atoms with Crippen LogP contribution in [-0.4, -0.2) is 51.0 Å². The van der Waals surface area contributed by atoms with Crippen LogP contribution in [0.5, 0.6) is 0 Å². The van der Waals surface area contributed by atoms with E-state index in [0.717, 1.165) is 77.1 Å². The molecule has 6 rings (SSSR count). The van der Waals surface area contributed by atoms with Crippen molar-refractivity contribution in [3.8, 4) is 11.1 Å². The van der Waals surface area contributed by atoms with Crippen molar-refractivity contribution in [2.45, 2.75) is 71.6 Å². The summed E-state index contributed by atoms with van der Waals surface area (Å²) in [5.41, 5.74) is 6.70. The number of carboxylic acid groups (broad SMARTS) is 1. The summed E-state index contributed by atoms with van der Waals surface area (Å²) in [7, 11) is 0. The Kier molecular flexibility index (Phi) is 7.50. The summed E-state index contributed by atoms with van der Waals surface area (Å²) in [6.07, 6.45) is 4.63. The topological polar surface area (TPSA) is 89.7 Å². The summed E-state index contributed by atoms with van der Waals surface area (Å²) >= 11 is 6.27. The molecule has 42 heavy (non-hydrogen) atoms. The minimum Gasteiger partial charge on any atom is -0.479 e. The van der Waals surface area contributed by atoms with Crippen molar-refractivity contribution in [1.29, 1.82) is 0 Å². The Morgan fingerprint density at radius 1 is 1.10 bits per heavy atom. The number of aromatic nitrogens is 3. The largest absolute Gasteiger partial charge is 0.479 e.